The van der Waals surface area contributed by atoms with E-state index in [0.29, 0.717) is 24.5 Å². The van der Waals surface area contributed by atoms with E-state index in [1.54, 1.807) is 12.2 Å². The van der Waals surface area contributed by atoms with Gasteiger partial charge in [0.25, 0.3) is 5.91 Å². The molecule has 0 spiro atoms. The molecule has 31 heavy (non-hydrogen) atoms. The van der Waals surface area contributed by atoms with Crippen molar-refractivity contribution in [1.82, 2.24) is 5.32 Å². The van der Waals surface area contributed by atoms with Crippen LogP contribution in [0.4, 0.5) is 0 Å². The predicted octanol–water partition coefficient (Wildman–Crippen LogP) is 4.92. The maximum Gasteiger partial charge on any atom is 0.262 e. The average Bonchev–Trinajstić information content (AvgIpc) is 3.19. The Bertz CT molecular complexity index is 1070. The van der Waals surface area contributed by atoms with Gasteiger partial charge in [0, 0.05) is 6.04 Å². The molecule has 160 valence electrons. The highest BCUT2D eigenvalue weighted by Crippen LogP contribution is 2.35. The van der Waals surface area contributed by atoms with E-state index >= 15 is 0 Å². The number of nitriles is 1. The first-order chi connectivity index (χ1) is 14.9. The molecule has 3 rings (SSSR count). The molecular formula is C24H23BrN2O4. The molecule has 7 heteroatoms. The van der Waals surface area contributed by atoms with Crippen LogP contribution in [0.15, 0.2) is 53.0 Å². The van der Waals surface area contributed by atoms with Gasteiger partial charge in [-0.2, -0.15) is 5.26 Å². The fourth-order valence-electron chi connectivity index (χ4n) is 3.07. The quantitative estimate of drug-likeness (QED) is 0.328. The van der Waals surface area contributed by atoms with Crippen LogP contribution in [-0.4, -0.2) is 18.7 Å². The number of carbonyl (C=O) groups excluding carboxylic acids is 1. The minimum atomic E-state index is -0.401. The lowest BCUT2D eigenvalue weighted by Crippen LogP contribution is -2.30. The molecule has 0 fully saturated rings. The molecule has 0 unspecified atom stereocenters. The molecule has 1 amide bonds. The molecule has 1 aliphatic rings. The number of nitrogens with one attached hydrogen (secondary N) is 1. The Hall–Kier alpha value is -3.24. The van der Waals surface area contributed by atoms with E-state index in [9.17, 15) is 10.1 Å². The number of rotatable bonds is 8. The van der Waals surface area contributed by atoms with Gasteiger partial charge >= 0.3 is 0 Å². The minimum Gasteiger partial charge on any atom is -0.487 e. The Morgan fingerprint density at radius 3 is 2.81 bits per heavy atom. The summed E-state index contributed by atoms with van der Waals surface area (Å²) < 4.78 is 17.6. The summed E-state index contributed by atoms with van der Waals surface area (Å²) in [5.41, 5.74) is 2.59. The van der Waals surface area contributed by atoms with Gasteiger partial charge in [0.2, 0.25) is 6.79 Å². The third-order valence-electron chi connectivity index (χ3n) is 4.42. The number of nitrogens with zero attached hydrogens (tertiary/aromatic N) is 1. The Labute approximate surface area is 190 Å². The highest BCUT2D eigenvalue weighted by Gasteiger charge is 2.16. The molecule has 1 N–H and O–H groups in total. The lowest BCUT2D eigenvalue weighted by molar-refractivity contribution is -0.117. The second-order valence-electron chi connectivity index (χ2n) is 7.26. The molecule has 0 bridgehead atoms. The van der Waals surface area contributed by atoms with Crippen molar-refractivity contribution in [3.05, 3.63) is 69.7 Å². The fourth-order valence-corrected chi connectivity index (χ4v) is 3.70. The van der Waals surface area contributed by atoms with Crippen LogP contribution in [0, 0.1) is 11.3 Å². The van der Waals surface area contributed by atoms with E-state index in [-0.39, 0.29) is 18.4 Å². The second kappa shape index (κ2) is 10.2. The van der Waals surface area contributed by atoms with Crippen LogP contribution < -0.4 is 19.5 Å². The zero-order valence-corrected chi connectivity index (χ0v) is 19.0. The van der Waals surface area contributed by atoms with Crippen molar-refractivity contribution < 1.29 is 19.0 Å². The van der Waals surface area contributed by atoms with Gasteiger partial charge in [-0.15, -0.1) is 6.58 Å². The molecule has 1 aliphatic heterocycles. The third kappa shape index (κ3) is 5.68. The van der Waals surface area contributed by atoms with Crippen LogP contribution in [-0.2, 0) is 17.8 Å². The minimum absolute atomic E-state index is 0.0409. The van der Waals surface area contributed by atoms with Gasteiger partial charge in [-0.3, -0.25) is 4.79 Å². The first kappa shape index (κ1) is 22.4. The summed E-state index contributed by atoms with van der Waals surface area (Å²) in [5, 5.41) is 12.1. The average molecular weight is 483 g/mol. The Morgan fingerprint density at radius 1 is 1.32 bits per heavy atom. The van der Waals surface area contributed by atoms with Gasteiger partial charge in [0.15, 0.2) is 11.5 Å². The smallest absolute Gasteiger partial charge is 0.262 e. The maximum absolute atomic E-state index is 12.2. The number of carbonyl (C=O) groups is 1. The molecule has 1 heterocycles. The summed E-state index contributed by atoms with van der Waals surface area (Å²) >= 11 is 3.56. The van der Waals surface area contributed by atoms with Crippen molar-refractivity contribution in [2.45, 2.75) is 32.9 Å². The number of ether oxygens (including phenoxy) is 3. The van der Waals surface area contributed by atoms with Gasteiger partial charge < -0.3 is 19.5 Å². The van der Waals surface area contributed by atoms with E-state index in [2.05, 4.69) is 27.8 Å². The van der Waals surface area contributed by atoms with E-state index in [4.69, 9.17) is 14.2 Å². The van der Waals surface area contributed by atoms with Crippen LogP contribution in [0.3, 0.4) is 0 Å². The standard InChI is InChI=1S/C24H23BrN2O4/c1-4-5-18-8-17(9-19(12-26)24(28)27-15(2)3)10-20(25)23(18)29-13-16-6-7-21-22(11-16)31-14-30-21/h4,6-11,15H,1,5,13-14H2,2-3H3,(H,27,28)/b19-9-. The van der Waals surface area contributed by atoms with Crippen LogP contribution in [0.5, 0.6) is 17.2 Å². The molecule has 0 saturated carbocycles. The molecule has 0 aliphatic carbocycles. The predicted molar refractivity (Wildman–Crippen MR) is 122 cm³/mol. The number of allylic oxidation sites excluding steroid dienone is 1. The van der Waals surface area contributed by atoms with E-state index < -0.39 is 5.91 Å². The van der Waals surface area contributed by atoms with Crippen molar-refractivity contribution >= 4 is 27.9 Å². The summed E-state index contributed by atoms with van der Waals surface area (Å²) in [5.74, 6) is 1.71. The summed E-state index contributed by atoms with van der Waals surface area (Å²) in [6, 6.07) is 11.3. The summed E-state index contributed by atoms with van der Waals surface area (Å²) in [4.78, 5) is 12.2. The highest BCUT2D eigenvalue weighted by molar-refractivity contribution is 9.10. The third-order valence-corrected chi connectivity index (χ3v) is 5.01. The number of halogens is 1. The normalized spacial score (nSPS) is 12.4. The lowest BCUT2D eigenvalue weighted by atomic mass is 10.0. The van der Waals surface area contributed by atoms with Crippen molar-refractivity contribution in [3.63, 3.8) is 0 Å². The van der Waals surface area contributed by atoms with Crippen molar-refractivity contribution in [2.75, 3.05) is 6.79 Å². The number of amides is 1. The molecule has 2 aromatic carbocycles. The highest BCUT2D eigenvalue weighted by atomic mass is 79.9. The topological polar surface area (TPSA) is 80.6 Å². The lowest BCUT2D eigenvalue weighted by Gasteiger charge is -2.14. The van der Waals surface area contributed by atoms with Gasteiger partial charge in [0.05, 0.1) is 4.47 Å². The Morgan fingerprint density at radius 2 is 2.10 bits per heavy atom. The molecule has 6 nitrogen and oxygen atoms in total. The van der Waals surface area contributed by atoms with E-state index in [1.165, 1.54) is 0 Å². The van der Waals surface area contributed by atoms with Crippen molar-refractivity contribution in [1.29, 1.82) is 5.26 Å². The number of fused-ring (bicyclic) bond motifs is 1. The molecule has 2 aromatic rings. The van der Waals surface area contributed by atoms with Crippen LogP contribution in [0.1, 0.15) is 30.5 Å². The molecule has 0 saturated heterocycles. The first-order valence-corrected chi connectivity index (χ1v) is 10.6. The first-order valence-electron chi connectivity index (χ1n) is 9.78. The fraction of sp³-hybridized carbons (Fsp3) is 0.250. The van der Waals surface area contributed by atoms with Gasteiger partial charge in [0.1, 0.15) is 24.0 Å². The number of hydrogen-bond donors (Lipinski definition) is 1. The number of benzene rings is 2. The summed E-state index contributed by atoms with van der Waals surface area (Å²) in [6.07, 6.45) is 3.91. The molecule has 0 aromatic heterocycles. The zero-order valence-electron chi connectivity index (χ0n) is 17.4. The van der Waals surface area contributed by atoms with Gasteiger partial charge in [-0.05, 0) is 83.2 Å². The molecule has 0 radical (unpaired) electrons. The van der Waals surface area contributed by atoms with Crippen LogP contribution in [0.2, 0.25) is 0 Å². The summed E-state index contributed by atoms with van der Waals surface area (Å²) in [6.45, 7) is 8.08. The zero-order chi connectivity index (χ0) is 22.4. The van der Waals surface area contributed by atoms with E-state index in [0.717, 1.165) is 26.9 Å². The molecule has 0 atom stereocenters. The molecular weight excluding hydrogens is 460 g/mol. The van der Waals surface area contributed by atoms with Gasteiger partial charge in [-0.25, -0.2) is 0 Å². The van der Waals surface area contributed by atoms with Crippen LogP contribution >= 0.6 is 15.9 Å². The monoisotopic (exact) mass is 482 g/mol. The second-order valence-corrected chi connectivity index (χ2v) is 8.11. The largest absolute Gasteiger partial charge is 0.487 e. The van der Waals surface area contributed by atoms with Crippen molar-refractivity contribution in [2.24, 2.45) is 0 Å². The Balaban J connectivity index is 1.84. The SMILES string of the molecule is C=CCc1cc(/C=C(/C#N)C(=O)NC(C)C)cc(Br)c1OCc1ccc2c(c1)OCO2. The number of hydrogen-bond acceptors (Lipinski definition) is 5. The summed E-state index contributed by atoms with van der Waals surface area (Å²) in [7, 11) is 0. The Kier molecular flexibility index (Phi) is 7.37. The van der Waals surface area contributed by atoms with E-state index in [1.807, 2.05) is 50.2 Å². The maximum atomic E-state index is 12.2. The van der Waals surface area contributed by atoms with Crippen LogP contribution in [0.25, 0.3) is 6.08 Å². The van der Waals surface area contributed by atoms with Crippen molar-refractivity contribution in [3.8, 4) is 23.3 Å². The van der Waals surface area contributed by atoms with Gasteiger partial charge in [-0.1, -0.05) is 12.1 Å².